The second kappa shape index (κ2) is 4.04. The van der Waals surface area contributed by atoms with Gasteiger partial charge in [-0.25, -0.2) is 4.98 Å². The van der Waals surface area contributed by atoms with Crippen LogP contribution in [0.15, 0.2) is 11.6 Å². The lowest BCUT2D eigenvalue weighted by Crippen LogP contribution is -2.26. The maximum atomic E-state index is 4.75. The van der Waals surface area contributed by atoms with Crippen molar-refractivity contribution >= 4 is 38.0 Å². The van der Waals surface area contributed by atoms with E-state index in [0.717, 1.165) is 22.9 Å². The van der Waals surface area contributed by atoms with E-state index in [1.54, 1.807) is 11.3 Å². The smallest absolute Gasteiger partial charge is 0.195 e. The van der Waals surface area contributed by atoms with Gasteiger partial charge >= 0.3 is 0 Å². The predicted molar refractivity (Wildman–Crippen MR) is 71.7 cm³/mol. The maximum Gasteiger partial charge on any atom is 0.195 e. The summed E-state index contributed by atoms with van der Waals surface area (Å²) in [6.07, 6.45) is 4.75. The number of nitrogens with zero attached hydrogens (tertiary/aromatic N) is 3. The molecule has 0 aliphatic heterocycles. The van der Waals surface area contributed by atoms with Crippen molar-refractivity contribution in [3.8, 4) is 0 Å². The van der Waals surface area contributed by atoms with E-state index in [1.807, 2.05) is 0 Å². The quantitative estimate of drug-likeness (QED) is 0.808. The minimum absolute atomic E-state index is 0.729. The monoisotopic (exact) mass is 299 g/mol. The minimum atomic E-state index is 0.729. The van der Waals surface area contributed by atoms with Crippen LogP contribution in [0.1, 0.15) is 25.5 Å². The molecule has 1 fully saturated rings. The molecule has 1 saturated carbocycles. The predicted octanol–water partition coefficient (Wildman–Crippen LogP) is 3.28. The Morgan fingerprint density at radius 1 is 1.62 bits per heavy atom. The molecule has 86 valence electrons. The zero-order valence-electron chi connectivity index (χ0n) is 9.19. The van der Waals surface area contributed by atoms with E-state index in [2.05, 4.69) is 43.7 Å². The van der Waals surface area contributed by atoms with Crippen molar-refractivity contribution in [2.24, 2.45) is 0 Å². The summed E-state index contributed by atoms with van der Waals surface area (Å²) in [5.74, 6) is 1.17. The van der Waals surface area contributed by atoms with Crippen LogP contribution in [-0.2, 0) is 5.33 Å². The van der Waals surface area contributed by atoms with Crippen molar-refractivity contribution in [2.75, 3.05) is 11.4 Å². The van der Waals surface area contributed by atoms with Gasteiger partial charge in [-0.1, -0.05) is 15.9 Å². The summed E-state index contributed by atoms with van der Waals surface area (Å²) in [5, 5.41) is 2.95. The highest BCUT2D eigenvalue weighted by molar-refractivity contribution is 9.08. The van der Waals surface area contributed by atoms with Gasteiger partial charge in [-0.3, -0.25) is 4.40 Å². The number of aromatic nitrogens is 2. The molecule has 5 heteroatoms. The van der Waals surface area contributed by atoms with E-state index >= 15 is 0 Å². The second-order valence-corrected chi connectivity index (χ2v) is 5.52. The van der Waals surface area contributed by atoms with Gasteiger partial charge in [0.2, 0.25) is 0 Å². The highest BCUT2D eigenvalue weighted by atomic mass is 79.9. The number of alkyl halides is 1. The Bertz CT molecular complexity index is 500. The standard InChI is InChI=1S/C11H14BrN3S/c1-2-14(8-3-4-8)10-9(7-12)15-5-6-16-11(15)13-10/h5-6,8H,2-4,7H2,1H3. The van der Waals surface area contributed by atoms with Crippen LogP contribution in [0.25, 0.3) is 4.96 Å². The topological polar surface area (TPSA) is 20.5 Å². The number of hydrogen-bond donors (Lipinski definition) is 0. The van der Waals surface area contributed by atoms with Crippen molar-refractivity contribution in [1.82, 2.24) is 9.38 Å². The average Bonchev–Trinajstić information content (AvgIpc) is 2.90. The van der Waals surface area contributed by atoms with Crippen LogP contribution in [-0.4, -0.2) is 22.0 Å². The zero-order chi connectivity index (χ0) is 11.1. The molecule has 0 N–H and O–H groups in total. The summed E-state index contributed by atoms with van der Waals surface area (Å²) in [6.45, 7) is 3.26. The van der Waals surface area contributed by atoms with Crippen LogP contribution >= 0.6 is 27.3 Å². The molecule has 3 nitrogen and oxygen atoms in total. The molecule has 2 heterocycles. The van der Waals surface area contributed by atoms with Crippen molar-refractivity contribution in [2.45, 2.75) is 31.1 Å². The number of hydrogen-bond acceptors (Lipinski definition) is 3. The average molecular weight is 300 g/mol. The van der Waals surface area contributed by atoms with Gasteiger partial charge in [0, 0.05) is 29.5 Å². The molecular weight excluding hydrogens is 286 g/mol. The lowest BCUT2D eigenvalue weighted by atomic mass is 10.4. The fraction of sp³-hybridized carbons (Fsp3) is 0.545. The summed E-state index contributed by atoms with van der Waals surface area (Å²) >= 11 is 5.28. The van der Waals surface area contributed by atoms with Crippen molar-refractivity contribution in [3.63, 3.8) is 0 Å². The summed E-state index contributed by atoms with van der Waals surface area (Å²) in [4.78, 5) is 8.29. The van der Waals surface area contributed by atoms with Crippen LogP contribution in [0.3, 0.4) is 0 Å². The van der Waals surface area contributed by atoms with Gasteiger partial charge in [0.15, 0.2) is 10.8 Å². The summed E-state index contributed by atoms with van der Waals surface area (Å²) in [7, 11) is 0. The minimum Gasteiger partial charge on any atom is -0.352 e. The molecule has 0 bridgehead atoms. The normalized spacial score (nSPS) is 15.9. The lowest BCUT2D eigenvalue weighted by Gasteiger charge is -2.21. The highest BCUT2D eigenvalue weighted by Crippen LogP contribution is 2.34. The van der Waals surface area contributed by atoms with E-state index in [9.17, 15) is 0 Å². The molecule has 3 rings (SSSR count). The fourth-order valence-electron chi connectivity index (χ4n) is 2.14. The molecule has 2 aromatic heterocycles. The number of halogens is 1. The molecule has 0 radical (unpaired) electrons. The maximum absolute atomic E-state index is 4.75. The molecule has 0 spiro atoms. The Kier molecular flexibility index (Phi) is 2.67. The first kappa shape index (κ1) is 10.6. The van der Waals surface area contributed by atoms with Gasteiger partial charge in [0.25, 0.3) is 0 Å². The van der Waals surface area contributed by atoms with Crippen LogP contribution in [0.2, 0.25) is 0 Å². The molecule has 2 aromatic rings. The number of rotatable bonds is 4. The third-order valence-corrected chi connectivity index (χ3v) is 4.35. The van der Waals surface area contributed by atoms with E-state index in [1.165, 1.54) is 24.4 Å². The fourth-order valence-corrected chi connectivity index (χ4v) is 3.39. The van der Waals surface area contributed by atoms with Gasteiger partial charge in [-0.05, 0) is 19.8 Å². The molecule has 0 atom stereocenters. The molecule has 0 aromatic carbocycles. The van der Waals surface area contributed by atoms with Crippen LogP contribution in [0.5, 0.6) is 0 Å². The Labute approximate surface area is 107 Å². The van der Waals surface area contributed by atoms with Gasteiger partial charge in [-0.2, -0.15) is 0 Å². The number of anilines is 1. The van der Waals surface area contributed by atoms with Crippen molar-refractivity contribution in [3.05, 3.63) is 17.3 Å². The van der Waals surface area contributed by atoms with Gasteiger partial charge in [-0.15, -0.1) is 11.3 Å². The SMILES string of the molecule is CCN(c1nc2sccn2c1CBr)C1CC1. The van der Waals surface area contributed by atoms with E-state index in [0.29, 0.717) is 0 Å². The summed E-state index contributed by atoms with van der Waals surface area (Å²) in [6, 6.07) is 0.729. The first-order valence-electron chi connectivity index (χ1n) is 5.62. The Hall–Kier alpha value is -0.550. The Morgan fingerprint density at radius 3 is 3.06 bits per heavy atom. The van der Waals surface area contributed by atoms with Crippen LogP contribution < -0.4 is 4.90 Å². The third kappa shape index (κ3) is 1.57. The molecule has 16 heavy (non-hydrogen) atoms. The summed E-state index contributed by atoms with van der Waals surface area (Å²) < 4.78 is 2.19. The molecule has 1 aliphatic rings. The largest absolute Gasteiger partial charge is 0.352 e. The molecule has 0 unspecified atom stereocenters. The van der Waals surface area contributed by atoms with E-state index in [4.69, 9.17) is 4.98 Å². The molecule has 1 aliphatic carbocycles. The number of fused-ring (bicyclic) bond motifs is 1. The lowest BCUT2D eigenvalue weighted by molar-refractivity contribution is 0.807. The van der Waals surface area contributed by atoms with Gasteiger partial charge < -0.3 is 4.90 Å². The first-order chi connectivity index (χ1) is 7.85. The first-order valence-corrected chi connectivity index (χ1v) is 7.62. The van der Waals surface area contributed by atoms with Crippen LogP contribution in [0.4, 0.5) is 5.82 Å². The van der Waals surface area contributed by atoms with Gasteiger partial charge in [0.1, 0.15) is 0 Å². The Balaban J connectivity index is 2.09. The van der Waals surface area contributed by atoms with Crippen molar-refractivity contribution < 1.29 is 0 Å². The summed E-state index contributed by atoms with van der Waals surface area (Å²) in [5.41, 5.74) is 1.28. The van der Waals surface area contributed by atoms with Gasteiger partial charge in [0.05, 0.1) is 5.69 Å². The second-order valence-electron chi connectivity index (χ2n) is 4.09. The number of imidazole rings is 1. The zero-order valence-corrected chi connectivity index (χ0v) is 11.6. The van der Waals surface area contributed by atoms with Crippen LogP contribution in [0, 0.1) is 0 Å². The molecule has 0 saturated heterocycles. The highest BCUT2D eigenvalue weighted by Gasteiger charge is 2.31. The van der Waals surface area contributed by atoms with Crippen molar-refractivity contribution in [1.29, 1.82) is 0 Å². The number of thiazole rings is 1. The van der Waals surface area contributed by atoms with E-state index < -0.39 is 0 Å². The van der Waals surface area contributed by atoms with E-state index in [-0.39, 0.29) is 0 Å². The Morgan fingerprint density at radius 2 is 2.44 bits per heavy atom. The third-order valence-electron chi connectivity index (χ3n) is 3.07. The molecular formula is C11H14BrN3S. The molecule has 0 amide bonds.